The SMILES string of the molecule is Cc1[nH]ncc1CCCNc1ccc([N+](=O)[O-])nc1. The van der Waals surface area contributed by atoms with Crippen LogP contribution >= 0.6 is 0 Å². The van der Waals surface area contributed by atoms with Gasteiger partial charge in [0.1, 0.15) is 0 Å². The molecule has 7 heteroatoms. The zero-order valence-electron chi connectivity index (χ0n) is 10.6. The van der Waals surface area contributed by atoms with Crippen LogP contribution in [-0.2, 0) is 6.42 Å². The van der Waals surface area contributed by atoms with Gasteiger partial charge in [-0.15, -0.1) is 0 Å². The van der Waals surface area contributed by atoms with Crippen LogP contribution < -0.4 is 5.32 Å². The van der Waals surface area contributed by atoms with Crippen molar-refractivity contribution in [2.45, 2.75) is 19.8 Å². The van der Waals surface area contributed by atoms with E-state index < -0.39 is 4.92 Å². The van der Waals surface area contributed by atoms with Gasteiger partial charge in [-0.2, -0.15) is 5.10 Å². The molecule has 0 bridgehead atoms. The first-order chi connectivity index (χ1) is 9.16. The molecule has 2 heterocycles. The van der Waals surface area contributed by atoms with E-state index in [0.29, 0.717) is 0 Å². The molecule has 0 radical (unpaired) electrons. The van der Waals surface area contributed by atoms with Gasteiger partial charge >= 0.3 is 5.82 Å². The molecule has 0 unspecified atom stereocenters. The number of pyridine rings is 1. The Bertz CT molecular complexity index is 550. The summed E-state index contributed by atoms with van der Waals surface area (Å²) in [5.41, 5.74) is 3.09. The smallest absolute Gasteiger partial charge is 0.363 e. The third-order valence-corrected chi connectivity index (χ3v) is 2.82. The van der Waals surface area contributed by atoms with Crippen molar-refractivity contribution in [3.63, 3.8) is 0 Å². The van der Waals surface area contributed by atoms with Crippen LogP contribution in [0.2, 0.25) is 0 Å². The second-order valence-electron chi connectivity index (χ2n) is 4.21. The van der Waals surface area contributed by atoms with Gasteiger partial charge in [-0.25, -0.2) is 0 Å². The molecule has 2 aromatic heterocycles. The van der Waals surface area contributed by atoms with Gasteiger partial charge in [-0.3, -0.25) is 5.10 Å². The molecule has 0 aliphatic carbocycles. The number of aromatic nitrogens is 3. The van der Waals surface area contributed by atoms with Crippen LogP contribution in [0, 0.1) is 17.0 Å². The Morgan fingerprint density at radius 1 is 1.42 bits per heavy atom. The molecule has 0 aliphatic rings. The molecule has 0 fully saturated rings. The van der Waals surface area contributed by atoms with Crippen LogP contribution in [-0.4, -0.2) is 26.6 Å². The fraction of sp³-hybridized carbons (Fsp3) is 0.333. The second-order valence-corrected chi connectivity index (χ2v) is 4.21. The number of hydrogen-bond acceptors (Lipinski definition) is 5. The maximum Gasteiger partial charge on any atom is 0.363 e. The van der Waals surface area contributed by atoms with Crippen LogP contribution in [0.1, 0.15) is 17.7 Å². The van der Waals surface area contributed by atoms with E-state index in [4.69, 9.17) is 0 Å². The van der Waals surface area contributed by atoms with Crippen molar-refractivity contribution in [1.29, 1.82) is 0 Å². The first kappa shape index (κ1) is 13.0. The summed E-state index contributed by atoms with van der Waals surface area (Å²) in [6, 6.07) is 3.05. The first-order valence-electron chi connectivity index (χ1n) is 6.00. The maximum atomic E-state index is 10.4. The largest absolute Gasteiger partial charge is 0.382 e. The number of aromatic amines is 1. The van der Waals surface area contributed by atoms with Gasteiger partial charge in [0.05, 0.1) is 11.9 Å². The molecule has 0 spiro atoms. The molecule has 0 saturated heterocycles. The average molecular weight is 261 g/mol. The molecule has 2 aromatic rings. The van der Waals surface area contributed by atoms with Gasteiger partial charge < -0.3 is 15.4 Å². The van der Waals surface area contributed by atoms with Crippen molar-refractivity contribution in [3.8, 4) is 0 Å². The fourth-order valence-electron chi connectivity index (χ4n) is 1.74. The monoisotopic (exact) mass is 261 g/mol. The van der Waals surface area contributed by atoms with Gasteiger partial charge in [-0.05, 0) is 41.3 Å². The van der Waals surface area contributed by atoms with E-state index in [-0.39, 0.29) is 5.82 Å². The Balaban J connectivity index is 1.76. The van der Waals surface area contributed by atoms with E-state index in [2.05, 4.69) is 20.5 Å². The Hall–Kier alpha value is -2.44. The summed E-state index contributed by atoms with van der Waals surface area (Å²) in [6.45, 7) is 2.78. The Labute approximate surface area is 110 Å². The summed E-state index contributed by atoms with van der Waals surface area (Å²) in [5, 5.41) is 20.5. The molecule has 7 nitrogen and oxygen atoms in total. The number of hydrogen-bond donors (Lipinski definition) is 2. The second kappa shape index (κ2) is 5.94. The molecule has 0 aliphatic heterocycles. The minimum Gasteiger partial charge on any atom is -0.382 e. The zero-order valence-corrected chi connectivity index (χ0v) is 10.6. The van der Waals surface area contributed by atoms with Crippen LogP contribution in [0.5, 0.6) is 0 Å². The number of rotatable bonds is 6. The number of anilines is 1. The Morgan fingerprint density at radius 3 is 2.84 bits per heavy atom. The minimum absolute atomic E-state index is 0.139. The first-order valence-corrected chi connectivity index (χ1v) is 6.00. The van der Waals surface area contributed by atoms with Crippen molar-refractivity contribution in [2.24, 2.45) is 0 Å². The molecule has 0 atom stereocenters. The van der Waals surface area contributed by atoms with Gasteiger partial charge in [0.2, 0.25) is 0 Å². The lowest BCUT2D eigenvalue weighted by Gasteiger charge is -2.04. The van der Waals surface area contributed by atoms with Crippen molar-refractivity contribution in [1.82, 2.24) is 15.2 Å². The lowest BCUT2D eigenvalue weighted by atomic mass is 10.1. The van der Waals surface area contributed by atoms with Crippen LogP contribution in [0.25, 0.3) is 0 Å². The molecule has 19 heavy (non-hydrogen) atoms. The number of H-pyrrole nitrogens is 1. The predicted octanol–water partition coefficient (Wildman–Crippen LogP) is 2.07. The van der Waals surface area contributed by atoms with E-state index in [1.54, 1.807) is 6.07 Å². The van der Waals surface area contributed by atoms with Crippen molar-refractivity contribution >= 4 is 11.5 Å². The third kappa shape index (κ3) is 3.51. The number of aryl methyl sites for hydroxylation is 2. The van der Waals surface area contributed by atoms with Gasteiger partial charge in [0, 0.05) is 18.3 Å². The third-order valence-electron chi connectivity index (χ3n) is 2.82. The summed E-state index contributed by atoms with van der Waals surface area (Å²) in [7, 11) is 0. The molecule has 0 saturated carbocycles. The number of nitrogens with one attached hydrogen (secondary N) is 2. The lowest BCUT2D eigenvalue weighted by molar-refractivity contribution is -0.389. The maximum absolute atomic E-state index is 10.4. The molecule has 2 rings (SSSR count). The van der Waals surface area contributed by atoms with Gasteiger partial charge in [0.15, 0.2) is 6.20 Å². The zero-order chi connectivity index (χ0) is 13.7. The highest BCUT2D eigenvalue weighted by Crippen LogP contribution is 2.12. The Kier molecular flexibility index (Phi) is 4.07. The molecule has 0 aromatic carbocycles. The van der Waals surface area contributed by atoms with Crippen LogP contribution in [0.3, 0.4) is 0 Å². The van der Waals surface area contributed by atoms with E-state index in [0.717, 1.165) is 30.8 Å². The fourth-order valence-corrected chi connectivity index (χ4v) is 1.74. The van der Waals surface area contributed by atoms with E-state index in [1.807, 2.05) is 13.1 Å². The van der Waals surface area contributed by atoms with E-state index in [1.165, 1.54) is 17.8 Å². The normalized spacial score (nSPS) is 10.4. The highest BCUT2D eigenvalue weighted by molar-refractivity contribution is 5.43. The summed E-state index contributed by atoms with van der Waals surface area (Å²) >= 11 is 0. The topological polar surface area (TPSA) is 96.7 Å². The van der Waals surface area contributed by atoms with Crippen LogP contribution in [0.15, 0.2) is 24.5 Å². The van der Waals surface area contributed by atoms with Gasteiger partial charge in [-0.1, -0.05) is 0 Å². The predicted molar refractivity (Wildman–Crippen MR) is 71.0 cm³/mol. The van der Waals surface area contributed by atoms with E-state index in [9.17, 15) is 10.1 Å². The van der Waals surface area contributed by atoms with Gasteiger partial charge in [0.25, 0.3) is 0 Å². The lowest BCUT2D eigenvalue weighted by Crippen LogP contribution is -2.04. The Morgan fingerprint density at radius 2 is 2.26 bits per heavy atom. The van der Waals surface area contributed by atoms with Crippen molar-refractivity contribution in [3.05, 3.63) is 45.9 Å². The molecular weight excluding hydrogens is 246 g/mol. The molecule has 100 valence electrons. The highest BCUT2D eigenvalue weighted by atomic mass is 16.6. The number of nitro groups is 1. The summed E-state index contributed by atoms with van der Waals surface area (Å²) in [5.74, 6) is -0.139. The highest BCUT2D eigenvalue weighted by Gasteiger charge is 2.05. The standard InChI is InChI=1S/C12H15N5O2/c1-9-10(7-15-16-9)3-2-6-13-11-4-5-12(14-8-11)17(18)19/h4-5,7-8,13H,2-3,6H2,1H3,(H,15,16). The average Bonchev–Trinajstić information content (AvgIpc) is 2.81. The summed E-state index contributed by atoms with van der Waals surface area (Å²) in [4.78, 5) is 13.7. The quantitative estimate of drug-likeness (QED) is 0.471. The molecular formula is C12H15N5O2. The van der Waals surface area contributed by atoms with Crippen LogP contribution in [0.4, 0.5) is 11.5 Å². The van der Waals surface area contributed by atoms with Crippen molar-refractivity contribution < 1.29 is 4.92 Å². The molecule has 0 amide bonds. The summed E-state index contributed by atoms with van der Waals surface area (Å²) in [6.07, 6.45) is 5.21. The van der Waals surface area contributed by atoms with Crippen molar-refractivity contribution in [2.75, 3.05) is 11.9 Å². The summed E-state index contributed by atoms with van der Waals surface area (Å²) < 4.78 is 0. The minimum atomic E-state index is -0.508. The molecule has 2 N–H and O–H groups in total. The van der Waals surface area contributed by atoms with E-state index >= 15 is 0 Å². The number of nitrogens with zero attached hydrogens (tertiary/aromatic N) is 3.